The number of benzene rings is 2. The van der Waals surface area contributed by atoms with Crippen LogP contribution in [0.15, 0.2) is 54.6 Å². The van der Waals surface area contributed by atoms with Gasteiger partial charge in [-0.1, -0.05) is 30.3 Å². The number of nitrogens with zero attached hydrogens (tertiary/aromatic N) is 1. The zero-order valence-electron chi connectivity index (χ0n) is 12.7. The second kappa shape index (κ2) is 6.10. The maximum absolute atomic E-state index is 12.2. The van der Waals surface area contributed by atoms with Gasteiger partial charge in [0.2, 0.25) is 0 Å². The third-order valence-corrected chi connectivity index (χ3v) is 3.85. The first-order valence-corrected chi connectivity index (χ1v) is 7.40. The van der Waals surface area contributed by atoms with Crippen molar-refractivity contribution in [2.45, 2.75) is 19.0 Å². The highest BCUT2D eigenvalue weighted by Gasteiger charge is 2.54. The van der Waals surface area contributed by atoms with Crippen molar-refractivity contribution in [3.8, 4) is 5.75 Å². The van der Waals surface area contributed by atoms with Crippen LogP contribution in [0.2, 0.25) is 0 Å². The number of esters is 1. The molecule has 0 amide bonds. The van der Waals surface area contributed by atoms with Crippen molar-refractivity contribution in [2.24, 2.45) is 0 Å². The van der Waals surface area contributed by atoms with Gasteiger partial charge in [0.15, 0.2) is 6.04 Å². The predicted molar refractivity (Wildman–Crippen MR) is 85.1 cm³/mol. The highest BCUT2D eigenvalue weighted by Crippen LogP contribution is 2.47. The second-order valence-corrected chi connectivity index (χ2v) is 5.16. The van der Waals surface area contributed by atoms with E-state index in [1.54, 1.807) is 7.11 Å². The summed E-state index contributed by atoms with van der Waals surface area (Å²) in [7, 11) is 1.64. The van der Waals surface area contributed by atoms with Crippen molar-refractivity contribution in [1.29, 1.82) is 0 Å². The zero-order chi connectivity index (χ0) is 15.5. The summed E-state index contributed by atoms with van der Waals surface area (Å²) in [5.41, 5.74) is 2.11. The molecule has 4 heteroatoms. The van der Waals surface area contributed by atoms with Gasteiger partial charge in [-0.3, -0.25) is 0 Å². The lowest BCUT2D eigenvalue weighted by Gasteiger charge is -2.06. The molecule has 1 aliphatic heterocycles. The van der Waals surface area contributed by atoms with E-state index in [1.165, 1.54) is 0 Å². The molecule has 2 aromatic carbocycles. The van der Waals surface area contributed by atoms with Crippen LogP contribution in [-0.2, 0) is 9.53 Å². The van der Waals surface area contributed by atoms with Gasteiger partial charge in [-0.05, 0) is 36.8 Å². The Bertz CT molecular complexity index is 639. The summed E-state index contributed by atoms with van der Waals surface area (Å²) in [5.74, 6) is 0.635. The predicted octanol–water partition coefficient (Wildman–Crippen LogP) is 3.19. The summed E-state index contributed by atoms with van der Waals surface area (Å²) in [6.45, 7) is 2.23. The highest BCUT2D eigenvalue weighted by molar-refractivity contribution is 5.88. The van der Waals surface area contributed by atoms with Crippen molar-refractivity contribution < 1.29 is 14.3 Å². The van der Waals surface area contributed by atoms with Crippen LogP contribution < -0.4 is 9.64 Å². The number of hydrogen-bond donors (Lipinski definition) is 0. The lowest BCUT2D eigenvalue weighted by Crippen LogP contribution is -2.15. The Balaban J connectivity index is 1.88. The fourth-order valence-electron chi connectivity index (χ4n) is 2.77. The fourth-order valence-corrected chi connectivity index (χ4v) is 2.77. The fraction of sp³-hybridized carbons (Fsp3) is 0.278. The summed E-state index contributed by atoms with van der Waals surface area (Å²) in [6, 6.07) is 17.5. The zero-order valence-corrected chi connectivity index (χ0v) is 12.7. The Morgan fingerprint density at radius 2 is 1.77 bits per heavy atom. The summed E-state index contributed by atoms with van der Waals surface area (Å²) >= 11 is 0. The lowest BCUT2D eigenvalue weighted by molar-refractivity contribution is -0.142. The molecule has 0 N–H and O–H groups in total. The van der Waals surface area contributed by atoms with Gasteiger partial charge in [-0.2, -0.15) is 0 Å². The van der Waals surface area contributed by atoms with Crippen LogP contribution >= 0.6 is 0 Å². The van der Waals surface area contributed by atoms with Gasteiger partial charge in [0, 0.05) is 5.69 Å². The molecule has 0 radical (unpaired) electrons. The first-order valence-electron chi connectivity index (χ1n) is 7.40. The standard InChI is InChI=1S/C18H19NO3/c1-3-22-18(20)17-16(13-9-11-15(21-2)12-10-13)19(17)14-7-5-4-6-8-14/h4-12,16-17H,3H2,1-2H3/t16-,17+,19?/m1/s1. The molecule has 114 valence electrons. The molecule has 3 rings (SSSR count). The number of carbonyl (C=O) groups is 1. The molecule has 22 heavy (non-hydrogen) atoms. The van der Waals surface area contributed by atoms with Crippen molar-refractivity contribution in [2.75, 3.05) is 18.6 Å². The number of methoxy groups -OCH3 is 1. The number of carbonyl (C=O) groups excluding carboxylic acids is 1. The largest absolute Gasteiger partial charge is 0.497 e. The number of para-hydroxylation sites is 1. The molecule has 0 unspecified atom stereocenters. The molecular formula is C18H19NO3. The van der Waals surface area contributed by atoms with Gasteiger partial charge >= 0.3 is 5.97 Å². The van der Waals surface area contributed by atoms with E-state index in [0.717, 1.165) is 17.0 Å². The highest BCUT2D eigenvalue weighted by atomic mass is 16.5. The van der Waals surface area contributed by atoms with Crippen molar-refractivity contribution in [3.05, 3.63) is 60.2 Å². The minimum atomic E-state index is -0.254. The minimum Gasteiger partial charge on any atom is -0.497 e. The molecule has 0 aliphatic carbocycles. The summed E-state index contributed by atoms with van der Waals surface area (Å²) in [5, 5.41) is 0. The third-order valence-electron chi connectivity index (χ3n) is 3.85. The molecule has 0 spiro atoms. The Hall–Kier alpha value is -2.49. The van der Waals surface area contributed by atoms with E-state index in [-0.39, 0.29) is 18.1 Å². The van der Waals surface area contributed by atoms with Gasteiger partial charge in [-0.15, -0.1) is 0 Å². The normalized spacial score (nSPS) is 19.6. The summed E-state index contributed by atoms with van der Waals surface area (Å²) < 4.78 is 10.4. The van der Waals surface area contributed by atoms with Gasteiger partial charge in [0.25, 0.3) is 0 Å². The maximum Gasteiger partial charge on any atom is 0.331 e. The molecule has 4 nitrogen and oxygen atoms in total. The Labute approximate surface area is 130 Å². The molecule has 1 saturated heterocycles. The Morgan fingerprint density at radius 3 is 2.36 bits per heavy atom. The van der Waals surface area contributed by atoms with Gasteiger partial charge < -0.3 is 14.4 Å². The monoisotopic (exact) mass is 297 g/mol. The van der Waals surface area contributed by atoms with Gasteiger partial charge in [-0.25, -0.2) is 4.79 Å². The quantitative estimate of drug-likeness (QED) is 0.627. The SMILES string of the molecule is CCOC(=O)[C@@H]1[C@@H](c2ccc(OC)cc2)N1c1ccccc1. The number of rotatable bonds is 5. The van der Waals surface area contributed by atoms with E-state index in [4.69, 9.17) is 9.47 Å². The van der Waals surface area contributed by atoms with E-state index < -0.39 is 0 Å². The molecule has 0 saturated carbocycles. The van der Waals surface area contributed by atoms with Crippen LogP contribution in [0, 0.1) is 0 Å². The van der Waals surface area contributed by atoms with E-state index in [2.05, 4.69) is 4.90 Å². The number of hydrogen-bond acceptors (Lipinski definition) is 4. The molecule has 0 bridgehead atoms. The van der Waals surface area contributed by atoms with Crippen molar-refractivity contribution >= 4 is 11.7 Å². The number of anilines is 1. The topological polar surface area (TPSA) is 38.5 Å². The van der Waals surface area contributed by atoms with Gasteiger partial charge in [0.05, 0.1) is 19.8 Å². The molecule has 2 atom stereocenters. The summed E-state index contributed by atoms with van der Waals surface area (Å²) in [6.07, 6.45) is 0. The molecule has 1 heterocycles. The average molecular weight is 297 g/mol. The van der Waals surface area contributed by atoms with E-state index >= 15 is 0 Å². The minimum absolute atomic E-state index is 0.0207. The first kappa shape index (κ1) is 14.4. The van der Waals surface area contributed by atoms with Crippen LogP contribution in [-0.4, -0.2) is 25.7 Å². The Morgan fingerprint density at radius 1 is 1.09 bits per heavy atom. The molecule has 2 aromatic rings. The number of ether oxygens (including phenoxy) is 2. The van der Waals surface area contributed by atoms with E-state index in [0.29, 0.717) is 6.61 Å². The Kier molecular flexibility index (Phi) is 4.00. The molecule has 1 fully saturated rings. The van der Waals surface area contributed by atoms with Crippen LogP contribution in [0.5, 0.6) is 5.75 Å². The van der Waals surface area contributed by atoms with E-state index in [9.17, 15) is 4.79 Å². The smallest absolute Gasteiger partial charge is 0.331 e. The maximum atomic E-state index is 12.2. The van der Waals surface area contributed by atoms with Crippen LogP contribution in [0.3, 0.4) is 0 Å². The molecule has 0 aromatic heterocycles. The first-order chi connectivity index (χ1) is 10.8. The van der Waals surface area contributed by atoms with Crippen molar-refractivity contribution in [3.63, 3.8) is 0 Å². The third kappa shape index (κ3) is 2.64. The van der Waals surface area contributed by atoms with Crippen LogP contribution in [0.25, 0.3) is 0 Å². The van der Waals surface area contributed by atoms with Crippen LogP contribution in [0.4, 0.5) is 5.69 Å². The van der Waals surface area contributed by atoms with Crippen LogP contribution in [0.1, 0.15) is 18.5 Å². The molecule has 1 aliphatic rings. The second-order valence-electron chi connectivity index (χ2n) is 5.16. The van der Waals surface area contributed by atoms with E-state index in [1.807, 2.05) is 61.5 Å². The molecular weight excluding hydrogens is 278 g/mol. The summed E-state index contributed by atoms with van der Waals surface area (Å²) in [4.78, 5) is 14.3. The van der Waals surface area contributed by atoms with Gasteiger partial charge in [0.1, 0.15) is 5.75 Å². The average Bonchev–Trinajstić information content (AvgIpc) is 3.32. The van der Waals surface area contributed by atoms with Crippen molar-refractivity contribution in [1.82, 2.24) is 0 Å². The lowest BCUT2D eigenvalue weighted by atomic mass is 10.1.